The lowest BCUT2D eigenvalue weighted by Crippen LogP contribution is -2.24. The van der Waals surface area contributed by atoms with Crippen LogP contribution >= 0.6 is 0 Å². The normalized spacial score (nSPS) is 16.3. The molecule has 142 valence electrons. The molecule has 1 N–H and O–H groups in total. The Bertz CT molecular complexity index is 911. The van der Waals surface area contributed by atoms with E-state index in [9.17, 15) is 4.79 Å². The number of benzene rings is 1. The molecule has 0 spiro atoms. The number of allylic oxidation sites excluding steroid dienone is 2. The molecule has 0 amide bonds. The third kappa shape index (κ3) is 4.00. The van der Waals surface area contributed by atoms with Crippen molar-refractivity contribution in [2.75, 3.05) is 0 Å². The van der Waals surface area contributed by atoms with Gasteiger partial charge in [-0.3, -0.25) is 0 Å². The largest absolute Gasteiger partial charge is 0.466 e. The lowest BCUT2D eigenvalue weighted by atomic mass is 9.97. The number of rotatable bonds is 3. The first-order valence-electron chi connectivity index (χ1n) is 9.24. The van der Waals surface area contributed by atoms with Crippen LogP contribution in [-0.4, -0.2) is 16.6 Å². The molecule has 4 nitrogen and oxygen atoms in total. The van der Waals surface area contributed by atoms with Gasteiger partial charge in [-0.15, -0.1) is 0 Å². The third-order valence-corrected chi connectivity index (χ3v) is 4.66. The summed E-state index contributed by atoms with van der Waals surface area (Å²) in [6.45, 7) is 13.5. The van der Waals surface area contributed by atoms with Gasteiger partial charge in [0.05, 0.1) is 11.5 Å². The van der Waals surface area contributed by atoms with E-state index >= 15 is 0 Å². The molecule has 27 heavy (non-hydrogen) atoms. The molecule has 0 unspecified atom stereocenters. The molecular weight excluding hydrogens is 338 g/mol. The number of H-pyrrole nitrogens is 1. The summed E-state index contributed by atoms with van der Waals surface area (Å²) in [5.41, 5.74) is 4.77. The van der Waals surface area contributed by atoms with Crippen molar-refractivity contribution in [1.82, 2.24) is 4.98 Å². The molecule has 3 rings (SSSR count). The Morgan fingerprint density at radius 1 is 1.07 bits per heavy atom. The predicted octanol–water partition coefficient (Wildman–Crippen LogP) is 5.67. The van der Waals surface area contributed by atoms with Gasteiger partial charge in [0.2, 0.25) is 0 Å². The van der Waals surface area contributed by atoms with Crippen molar-refractivity contribution in [3.63, 3.8) is 0 Å². The topological polar surface area (TPSA) is 51.3 Å². The van der Waals surface area contributed by atoms with Crippen LogP contribution in [0.3, 0.4) is 0 Å². The summed E-state index contributed by atoms with van der Waals surface area (Å²) < 4.78 is 11.5. The van der Waals surface area contributed by atoms with Crippen molar-refractivity contribution in [2.24, 2.45) is 0 Å². The molecular formula is C23H27NO3. The summed E-state index contributed by atoms with van der Waals surface area (Å²) in [6, 6.07) is 10.1. The van der Waals surface area contributed by atoms with E-state index < -0.39 is 5.60 Å². The van der Waals surface area contributed by atoms with Gasteiger partial charge in [0.15, 0.2) is 0 Å². The average Bonchev–Trinajstić information content (AvgIpc) is 3.13. The number of aromatic amines is 1. The Hall–Kier alpha value is -2.75. The number of nitrogens with one attached hydrogen (secondary N) is 1. The second-order valence-corrected chi connectivity index (χ2v) is 7.93. The van der Waals surface area contributed by atoms with Crippen LogP contribution in [-0.2, 0) is 9.47 Å². The number of carbonyl (C=O) groups is 1. The van der Waals surface area contributed by atoms with Gasteiger partial charge in [-0.1, -0.05) is 36.9 Å². The summed E-state index contributed by atoms with van der Waals surface area (Å²) >= 11 is 0. The molecule has 1 fully saturated rings. The van der Waals surface area contributed by atoms with Gasteiger partial charge in [-0.25, -0.2) is 4.79 Å². The number of ether oxygens (including phenoxy) is 2. The Morgan fingerprint density at radius 3 is 2.26 bits per heavy atom. The molecule has 2 heterocycles. The molecule has 0 aliphatic carbocycles. The first-order valence-corrected chi connectivity index (χ1v) is 9.24. The van der Waals surface area contributed by atoms with Crippen LogP contribution in [0.2, 0.25) is 0 Å². The van der Waals surface area contributed by atoms with Gasteiger partial charge >= 0.3 is 5.97 Å². The summed E-state index contributed by atoms with van der Waals surface area (Å²) in [6.07, 6.45) is 1.60. The minimum atomic E-state index is -0.546. The highest BCUT2D eigenvalue weighted by Crippen LogP contribution is 2.38. The zero-order valence-corrected chi connectivity index (χ0v) is 16.7. The molecule has 1 saturated heterocycles. The fourth-order valence-electron chi connectivity index (χ4n) is 3.23. The van der Waals surface area contributed by atoms with Crippen molar-refractivity contribution in [3.05, 3.63) is 76.5 Å². The maximum absolute atomic E-state index is 12.7. The van der Waals surface area contributed by atoms with Crippen molar-refractivity contribution in [3.8, 4) is 0 Å². The number of hydrogen-bond donors (Lipinski definition) is 1. The number of esters is 1. The Morgan fingerprint density at radius 2 is 1.70 bits per heavy atom. The van der Waals surface area contributed by atoms with Crippen LogP contribution in [0.1, 0.15) is 66.5 Å². The molecule has 0 atom stereocenters. The van der Waals surface area contributed by atoms with Gasteiger partial charge in [0.1, 0.15) is 17.1 Å². The molecule has 1 aromatic carbocycles. The maximum atomic E-state index is 12.7. The van der Waals surface area contributed by atoms with Crippen LogP contribution < -0.4 is 0 Å². The van der Waals surface area contributed by atoms with E-state index in [-0.39, 0.29) is 5.97 Å². The molecule has 0 radical (unpaired) electrons. The van der Waals surface area contributed by atoms with E-state index in [1.807, 2.05) is 52.8 Å². The first-order chi connectivity index (χ1) is 12.7. The zero-order valence-electron chi connectivity index (χ0n) is 16.7. The maximum Gasteiger partial charge on any atom is 0.355 e. The predicted molar refractivity (Wildman–Crippen MR) is 107 cm³/mol. The first kappa shape index (κ1) is 19.0. The molecule has 0 bridgehead atoms. The summed E-state index contributed by atoms with van der Waals surface area (Å²) in [4.78, 5) is 16.0. The molecule has 1 aromatic heterocycles. The van der Waals surface area contributed by atoms with E-state index in [4.69, 9.17) is 9.47 Å². The summed E-state index contributed by atoms with van der Waals surface area (Å²) in [5.74, 6) is 1.31. The van der Waals surface area contributed by atoms with Crippen molar-refractivity contribution >= 4 is 11.5 Å². The van der Waals surface area contributed by atoms with Crippen LogP contribution in [0.5, 0.6) is 0 Å². The van der Waals surface area contributed by atoms with Crippen molar-refractivity contribution in [1.29, 1.82) is 0 Å². The van der Waals surface area contributed by atoms with Crippen molar-refractivity contribution < 1.29 is 14.3 Å². The van der Waals surface area contributed by atoms with Gasteiger partial charge in [-0.05, 0) is 51.3 Å². The Balaban J connectivity index is 2.13. The fourth-order valence-corrected chi connectivity index (χ4v) is 3.23. The van der Waals surface area contributed by atoms with Crippen LogP contribution in [0, 0.1) is 13.8 Å². The number of hydrogen-bond acceptors (Lipinski definition) is 3. The minimum absolute atomic E-state index is 0.344. The molecule has 0 saturated carbocycles. The Kier molecular flexibility index (Phi) is 5.01. The standard InChI is InChI=1S/C23H27NO3/c1-14-12-13-18(26-14)19(17-10-8-7-9-11-17)20-15(2)16(3)21(24-20)22(25)27-23(4,5)6/h7-11,24H,1,12-13H2,2-6H3/b19-18+. The lowest BCUT2D eigenvalue weighted by molar-refractivity contribution is 0.00627. The highest BCUT2D eigenvalue weighted by atomic mass is 16.6. The Labute approximate surface area is 160 Å². The van der Waals surface area contributed by atoms with Crippen LogP contribution in [0.25, 0.3) is 5.57 Å². The van der Waals surface area contributed by atoms with E-state index in [0.717, 1.165) is 52.3 Å². The van der Waals surface area contributed by atoms with E-state index in [2.05, 4.69) is 23.7 Å². The SMILES string of the molecule is C=C1CC/C(=C(/c2ccccc2)c2[nH]c(C(=O)OC(C)(C)C)c(C)c2C)O1. The fraction of sp³-hybridized carbons (Fsp3) is 0.348. The summed E-state index contributed by atoms with van der Waals surface area (Å²) in [7, 11) is 0. The molecule has 1 aliphatic heterocycles. The molecule has 2 aromatic rings. The zero-order chi connectivity index (χ0) is 19.8. The van der Waals surface area contributed by atoms with Gasteiger partial charge < -0.3 is 14.5 Å². The van der Waals surface area contributed by atoms with Gasteiger partial charge in [-0.2, -0.15) is 0 Å². The molecule has 4 heteroatoms. The van der Waals surface area contributed by atoms with Gasteiger partial charge in [0.25, 0.3) is 0 Å². The molecule has 1 aliphatic rings. The minimum Gasteiger partial charge on any atom is -0.466 e. The quantitative estimate of drug-likeness (QED) is 0.713. The third-order valence-electron chi connectivity index (χ3n) is 4.66. The van der Waals surface area contributed by atoms with E-state index in [1.54, 1.807) is 0 Å². The summed E-state index contributed by atoms with van der Waals surface area (Å²) in [5, 5.41) is 0. The highest BCUT2D eigenvalue weighted by molar-refractivity contribution is 5.92. The lowest BCUT2D eigenvalue weighted by Gasteiger charge is -2.19. The van der Waals surface area contributed by atoms with Crippen LogP contribution in [0.15, 0.2) is 48.4 Å². The smallest absolute Gasteiger partial charge is 0.355 e. The monoisotopic (exact) mass is 365 g/mol. The second kappa shape index (κ2) is 7.10. The second-order valence-electron chi connectivity index (χ2n) is 7.93. The van der Waals surface area contributed by atoms with Crippen molar-refractivity contribution in [2.45, 2.75) is 53.1 Å². The number of carbonyl (C=O) groups excluding carboxylic acids is 1. The average molecular weight is 365 g/mol. The highest BCUT2D eigenvalue weighted by Gasteiger charge is 2.27. The number of aromatic nitrogens is 1. The van der Waals surface area contributed by atoms with E-state index in [1.165, 1.54) is 0 Å². The van der Waals surface area contributed by atoms with Crippen LogP contribution in [0.4, 0.5) is 0 Å². The van der Waals surface area contributed by atoms with Gasteiger partial charge in [0, 0.05) is 18.4 Å². The van der Waals surface area contributed by atoms with E-state index in [0.29, 0.717) is 5.69 Å².